The molecule has 1 atom stereocenters. The summed E-state index contributed by atoms with van der Waals surface area (Å²) in [6, 6.07) is 15.6. The van der Waals surface area contributed by atoms with Gasteiger partial charge in [-0.2, -0.15) is 15.8 Å². The minimum atomic E-state index is -0.589. The fourth-order valence-corrected chi connectivity index (χ4v) is 6.46. The van der Waals surface area contributed by atoms with Crippen molar-refractivity contribution in [2.75, 3.05) is 24.6 Å². The van der Waals surface area contributed by atoms with E-state index in [4.69, 9.17) is 5.73 Å². The van der Waals surface area contributed by atoms with E-state index in [1.165, 1.54) is 11.3 Å². The largest absolute Gasteiger partial charge is 0.383 e. The SMILES string of the molecule is CCC(Sc1nc(N)c(C#N)c(-c2ccccc2)c1C#N)C(=O)Nc1sc2c(c1C#N)CCN(C)C2. The van der Waals surface area contributed by atoms with Crippen molar-refractivity contribution in [1.82, 2.24) is 9.88 Å². The molecule has 1 amide bonds. The minimum Gasteiger partial charge on any atom is -0.383 e. The van der Waals surface area contributed by atoms with E-state index in [-0.39, 0.29) is 22.9 Å². The Labute approximate surface area is 218 Å². The minimum absolute atomic E-state index is 0.00920. The Hall–Kier alpha value is -3.88. The third-order valence-corrected chi connectivity index (χ3v) is 8.47. The number of nitriles is 3. The van der Waals surface area contributed by atoms with Crippen LogP contribution in [0, 0.1) is 34.0 Å². The van der Waals surface area contributed by atoms with Crippen molar-refractivity contribution in [1.29, 1.82) is 15.8 Å². The molecule has 1 aromatic carbocycles. The lowest BCUT2D eigenvalue weighted by atomic mass is 9.97. The summed E-state index contributed by atoms with van der Waals surface area (Å²) in [5.74, 6) is -0.268. The van der Waals surface area contributed by atoms with Gasteiger partial charge < -0.3 is 16.0 Å². The van der Waals surface area contributed by atoms with Crippen molar-refractivity contribution in [3.63, 3.8) is 0 Å². The monoisotopic (exact) mass is 513 g/mol. The molecule has 2 aromatic heterocycles. The second-order valence-electron chi connectivity index (χ2n) is 8.33. The molecular weight excluding hydrogens is 490 g/mol. The van der Waals surface area contributed by atoms with Gasteiger partial charge in [-0.3, -0.25) is 4.79 Å². The number of nitrogens with zero attached hydrogens (tertiary/aromatic N) is 5. The predicted octanol–water partition coefficient (Wildman–Crippen LogP) is 4.50. The van der Waals surface area contributed by atoms with Crippen LogP contribution in [-0.2, 0) is 17.8 Å². The first-order chi connectivity index (χ1) is 17.4. The van der Waals surface area contributed by atoms with E-state index < -0.39 is 5.25 Å². The Morgan fingerprint density at radius 1 is 1.19 bits per heavy atom. The number of nitrogens with one attached hydrogen (secondary N) is 1. The molecule has 4 rings (SSSR count). The second kappa shape index (κ2) is 10.8. The molecule has 180 valence electrons. The normalized spacial score (nSPS) is 13.6. The summed E-state index contributed by atoms with van der Waals surface area (Å²) in [6.45, 7) is 3.48. The molecule has 3 N–H and O–H groups in total. The third-order valence-electron chi connectivity index (χ3n) is 5.99. The quantitative estimate of drug-likeness (QED) is 0.459. The smallest absolute Gasteiger partial charge is 0.238 e. The number of benzene rings is 1. The zero-order valence-electron chi connectivity index (χ0n) is 19.8. The third kappa shape index (κ3) is 4.78. The van der Waals surface area contributed by atoms with E-state index in [0.29, 0.717) is 33.1 Å². The van der Waals surface area contributed by atoms with Crippen molar-refractivity contribution in [3.8, 4) is 29.3 Å². The fourth-order valence-electron chi connectivity index (χ4n) is 4.16. The number of nitrogens with two attached hydrogens (primary N) is 1. The average molecular weight is 514 g/mol. The van der Waals surface area contributed by atoms with Gasteiger partial charge >= 0.3 is 0 Å². The summed E-state index contributed by atoms with van der Waals surface area (Å²) in [4.78, 5) is 20.9. The lowest BCUT2D eigenvalue weighted by Gasteiger charge is -2.21. The number of thiophene rings is 1. The molecule has 0 aliphatic carbocycles. The zero-order valence-corrected chi connectivity index (χ0v) is 21.5. The number of pyridine rings is 1. The molecule has 0 spiro atoms. The molecule has 1 aliphatic rings. The van der Waals surface area contributed by atoms with Crippen molar-refractivity contribution >= 4 is 39.8 Å². The summed E-state index contributed by atoms with van der Waals surface area (Å²) >= 11 is 2.57. The number of carbonyl (C=O) groups excluding carboxylic acids is 1. The second-order valence-corrected chi connectivity index (χ2v) is 10.6. The van der Waals surface area contributed by atoms with E-state index in [2.05, 4.69) is 33.4 Å². The van der Waals surface area contributed by atoms with Gasteiger partial charge in [0.15, 0.2) is 0 Å². The first-order valence-electron chi connectivity index (χ1n) is 11.3. The molecule has 0 radical (unpaired) electrons. The molecule has 3 aromatic rings. The van der Waals surface area contributed by atoms with E-state index in [1.54, 1.807) is 12.1 Å². The topological polar surface area (TPSA) is 143 Å². The fraction of sp³-hybridized carbons (Fsp3) is 0.269. The molecule has 0 saturated heterocycles. The maximum Gasteiger partial charge on any atom is 0.238 e. The Bertz CT molecular complexity index is 1440. The highest BCUT2D eigenvalue weighted by atomic mass is 32.2. The molecule has 36 heavy (non-hydrogen) atoms. The highest BCUT2D eigenvalue weighted by Gasteiger charge is 2.28. The predicted molar refractivity (Wildman–Crippen MR) is 141 cm³/mol. The lowest BCUT2D eigenvalue weighted by Crippen LogP contribution is -2.25. The van der Waals surface area contributed by atoms with Crippen LogP contribution in [0.2, 0.25) is 0 Å². The number of thioether (sulfide) groups is 1. The van der Waals surface area contributed by atoms with Gasteiger partial charge in [-0.25, -0.2) is 4.98 Å². The molecule has 1 unspecified atom stereocenters. The summed E-state index contributed by atoms with van der Waals surface area (Å²) in [7, 11) is 2.03. The molecule has 8 nitrogen and oxygen atoms in total. The van der Waals surface area contributed by atoms with Crippen LogP contribution in [0.3, 0.4) is 0 Å². The van der Waals surface area contributed by atoms with Crippen LogP contribution >= 0.6 is 23.1 Å². The van der Waals surface area contributed by atoms with Crippen LogP contribution in [0.4, 0.5) is 10.8 Å². The molecule has 3 heterocycles. The van der Waals surface area contributed by atoms with Crippen LogP contribution in [-0.4, -0.2) is 34.6 Å². The van der Waals surface area contributed by atoms with Gasteiger partial charge in [-0.1, -0.05) is 49.0 Å². The number of aromatic nitrogens is 1. The maximum atomic E-state index is 13.3. The number of hydrogen-bond acceptors (Lipinski definition) is 9. The lowest BCUT2D eigenvalue weighted by molar-refractivity contribution is -0.115. The van der Waals surface area contributed by atoms with Gasteiger partial charge in [0.2, 0.25) is 5.91 Å². The van der Waals surface area contributed by atoms with E-state index in [1.807, 2.05) is 32.2 Å². The number of likely N-dealkylation sites (N-methyl/N-ethyl adjacent to an activating group) is 1. The van der Waals surface area contributed by atoms with Gasteiger partial charge in [0.25, 0.3) is 0 Å². The number of hydrogen-bond donors (Lipinski definition) is 2. The van der Waals surface area contributed by atoms with Crippen LogP contribution in [0.5, 0.6) is 0 Å². The highest BCUT2D eigenvalue weighted by Crippen LogP contribution is 2.39. The molecule has 10 heteroatoms. The van der Waals surface area contributed by atoms with E-state index in [0.717, 1.165) is 41.7 Å². The van der Waals surface area contributed by atoms with Crippen molar-refractivity contribution in [2.45, 2.75) is 36.6 Å². The van der Waals surface area contributed by atoms with Crippen molar-refractivity contribution in [3.05, 3.63) is 57.5 Å². The summed E-state index contributed by atoms with van der Waals surface area (Å²) < 4.78 is 0. The number of fused-ring (bicyclic) bond motifs is 1. The van der Waals surface area contributed by atoms with Gasteiger partial charge in [-0.05, 0) is 31.0 Å². The number of carbonyl (C=O) groups is 1. The van der Waals surface area contributed by atoms with Crippen molar-refractivity contribution < 1.29 is 4.79 Å². The van der Waals surface area contributed by atoms with Gasteiger partial charge in [0.1, 0.15) is 39.6 Å². The van der Waals surface area contributed by atoms with Crippen LogP contribution < -0.4 is 11.1 Å². The van der Waals surface area contributed by atoms with Crippen molar-refractivity contribution in [2.24, 2.45) is 0 Å². The number of nitrogen functional groups attached to an aromatic ring is 1. The summed E-state index contributed by atoms with van der Waals surface area (Å²) in [5.41, 5.74) is 9.08. The zero-order chi connectivity index (χ0) is 25.8. The van der Waals surface area contributed by atoms with Crippen LogP contribution in [0.15, 0.2) is 35.4 Å². The maximum absolute atomic E-state index is 13.3. The van der Waals surface area contributed by atoms with Gasteiger partial charge in [0.05, 0.1) is 16.4 Å². The Balaban J connectivity index is 1.67. The van der Waals surface area contributed by atoms with E-state index in [9.17, 15) is 20.6 Å². The van der Waals surface area contributed by atoms with Gasteiger partial charge in [-0.15, -0.1) is 11.3 Å². The molecular formula is C26H23N7OS2. The summed E-state index contributed by atoms with van der Waals surface area (Å²) in [6.07, 6.45) is 1.23. The van der Waals surface area contributed by atoms with Crippen LogP contribution in [0.1, 0.15) is 40.5 Å². The molecule has 1 aliphatic heterocycles. The Kier molecular flexibility index (Phi) is 7.57. The highest BCUT2D eigenvalue weighted by molar-refractivity contribution is 8.00. The standard InChI is InChI=1S/C26H23N7OS2/c1-3-20(24(34)32-25-17(11-27)16-9-10-33(2)14-21(16)36-25)35-26-19(13-29)22(15-7-5-4-6-8-15)18(12-28)23(30)31-26/h4-8,20H,3,9-10,14H2,1-2H3,(H2,30,31)(H,32,34). The Morgan fingerprint density at radius 2 is 1.89 bits per heavy atom. The van der Waals surface area contributed by atoms with Crippen LogP contribution in [0.25, 0.3) is 11.1 Å². The van der Waals surface area contributed by atoms with E-state index >= 15 is 0 Å². The molecule has 0 saturated carbocycles. The van der Waals surface area contributed by atoms with Gasteiger partial charge in [0, 0.05) is 23.5 Å². The number of amides is 1. The summed E-state index contributed by atoms with van der Waals surface area (Å²) in [5, 5.41) is 32.7. The number of rotatable bonds is 6. The average Bonchev–Trinajstić information content (AvgIpc) is 3.22. The number of anilines is 2. The first-order valence-corrected chi connectivity index (χ1v) is 13.0. The Morgan fingerprint density at radius 3 is 2.53 bits per heavy atom. The first kappa shape index (κ1) is 25.2. The molecule has 0 fully saturated rings. The molecule has 0 bridgehead atoms.